The fourth-order valence-electron chi connectivity index (χ4n) is 0.937. The molecule has 0 saturated heterocycles. The first-order valence-electron chi connectivity index (χ1n) is 3.60. The van der Waals surface area contributed by atoms with Crippen LogP contribution in [0.2, 0.25) is 0 Å². The van der Waals surface area contributed by atoms with Crippen molar-refractivity contribution in [1.29, 1.82) is 0 Å². The largest absolute Gasteiger partial charge is 0.331 e. The first kappa shape index (κ1) is 6.90. The van der Waals surface area contributed by atoms with Crippen LogP contribution in [0.25, 0.3) is 0 Å². The molecular weight excluding hydrogens is 154 g/mol. The Kier molecular flexibility index (Phi) is 1.55. The van der Waals surface area contributed by atoms with Crippen LogP contribution in [0, 0.1) is 0 Å². The van der Waals surface area contributed by atoms with Crippen molar-refractivity contribution in [3.8, 4) is 0 Å². The van der Waals surface area contributed by atoms with Crippen LogP contribution in [0.15, 0.2) is 24.7 Å². The van der Waals surface area contributed by atoms with Crippen LogP contribution < -0.4 is 5.32 Å². The summed E-state index contributed by atoms with van der Waals surface area (Å²) in [5, 5.41) is 7.14. The molecule has 5 heteroatoms. The molecule has 2 rings (SSSR count). The summed E-state index contributed by atoms with van der Waals surface area (Å²) in [7, 11) is 1.87. The number of aryl methyl sites for hydroxylation is 1. The van der Waals surface area contributed by atoms with Crippen molar-refractivity contribution in [3.63, 3.8) is 0 Å². The second kappa shape index (κ2) is 2.69. The summed E-state index contributed by atoms with van der Waals surface area (Å²) in [6.07, 6.45) is 5.31. The van der Waals surface area contributed by atoms with Crippen LogP contribution in [0.4, 0.5) is 11.8 Å². The molecule has 0 aromatic carbocycles. The van der Waals surface area contributed by atoms with E-state index in [1.54, 1.807) is 17.1 Å². The molecule has 5 nitrogen and oxygen atoms in total. The molecule has 0 amide bonds. The average molecular weight is 163 g/mol. The van der Waals surface area contributed by atoms with Gasteiger partial charge in [-0.05, 0) is 0 Å². The van der Waals surface area contributed by atoms with Gasteiger partial charge in [0.25, 0.3) is 0 Å². The standard InChI is InChI=1S/C7H9N5/c1-12-5-2-6(11-12)10-7-8-3-4-9-7/h2-5H,1H3,(H2,8,9,10,11). The van der Waals surface area contributed by atoms with Crippen LogP contribution in [-0.2, 0) is 7.05 Å². The first-order valence-corrected chi connectivity index (χ1v) is 3.60. The molecule has 0 aliphatic carbocycles. The topological polar surface area (TPSA) is 58.5 Å². The van der Waals surface area contributed by atoms with E-state index in [4.69, 9.17) is 0 Å². The molecule has 0 unspecified atom stereocenters. The van der Waals surface area contributed by atoms with Gasteiger partial charge >= 0.3 is 0 Å². The quantitative estimate of drug-likeness (QED) is 0.691. The lowest BCUT2D eigenvalue weighted by molar-refractivity contribution is 0.771. The summed E-state index contributed by atoms with van der Waals surface area (Å²) in [5.74, 6) is 1.49. The molecule has 2 aromatic heterocycles. The van der Waals surface area contributed by atoms with Crippen LogP contribution in [-0.4, -0.2) is 19.7 Å². The predicted octanol–water partition coefficient (Wildman–Crippen LogP) is 0.887. The zero-order valence-corrected chi connectivity index (χ0v) is 6.65. The van der Waals surface area contributed by atoms with Crippen molar-refractivity contribution in [3.05, 3.63) is 24.7 Å². The highest BCUT2D eigenvalue weighted by Gasteiger charge is 1.97. The SMILES string of the molecule is Cn1ccc(Nc2ncc[nH]2)n1. The van der Waals surface area contributed by atoms with Gasteiger partial charge in [-0.1, -0.05) is 0 Å². The van der Waals surface area contributed by atoms with E-state index in [2.05, 4.69) is 20.4 Å². The van der Waals surface area contributed by atoms with Gasteiger partial charge in [0.1, 0.15) is 0 Å². The van der Waals surface area contributed by atoms with Crippen molar-refractivity contribution in [1.82, 2.24) is 19.7 Å². The first-order chi connectivity index (χ1) is 5.84. The molecule has 0 aliphatic heterocycles. The van der Waals surface area contributed by atoms with Gasteiger partial charge in [-0.15, -0.1) is 0 Å². The third kappa shape index (κ3) is 1.29. The summed E-state index contributed by atoms with van der Waals surface area (Å²) in [6, 6.07) is 1.88. The Morgan fingerprint density at radius 2 is 2.50 bits per heavy atom. The molecule has 12 heavy (non-hydrogen) atoms. The van der Waals surface area contributed by atoms with Gasteiger partial charge in [-0.25, -0.2) is 4.98 Å². The lowest BCUT2D eigenvalue weighted by atomic mass is 10.6. The Morgan fingerprint density at radius 1 is 1.58 bits per heavy atom. The van der Waals surface area contributed by atoms with Crippen LogP contribution >= 0.6 is 0 Å². The summed E-state index contributed by atoms with van der Waals surface area (Å²) in [6.45, 7) is 0. The van der Waals surface area contributed by atoms with E-state index >= 15 is 0 Å². The summed E-state index contributed by atoms with van der Waals surface area (Å²) < 4.78 is 1.73. The predicted molar refractivity (Wildman–Crippen MR) is 45.1 cm³/mol. The van der Waals surface area contributed by atoms with Gasteiger partial charge < -0.3 is 10.3 Å². The number of hydrogen-bond donors (Lipinski definition) is 2. The molecule has 0 atom stereocenters. The fourth-order valence-corrected chi connectivity index (χ4v) is 0.937. The molecule has 2 heterocycles. The third-order valence-corrected chi connectivity index (χ3v) is 1.46. The molecule has 2 N–H and O–H groups in total. The van der Waals surface area contributed by atoms with Crippen molar-refractivity contribution in [2.24, 2.45) is 7.05 Å². The molecule has 0 fully saturated rings. The monoisotopic (exact) mass is 163 g/mol. The number of aromatic amines is 1. The normalized spacial score (nSPS) is 10.1. The highest BCUT2D eigenvalue weighted by atomic mass is 15.3. The zero-order valence-electron chi connectivity index (χ0n) is 6.65. The van der Waals surface area contributed by atoms with E-state index in [1.165, 1.54) is 0 Å². The number of hydrogen-bond acceptors (Lipinski definition) is 3. The molecule has 0 bridgehead atoms. The van der Waals surface area contributed by atoms with Gasteiger partial charge in [0.05, 0.1) is 0 Å². The van der Waals surface area contributed by atoms with E-state index < -0.39 is 0 Å². The van der Waals surface area contributed by atoms with E-state index in [0.29, 0.717) is 5.95 Å². The van der Waals surface area contributed by atoms with Crippen LogP contribution in [0.5, 0.6) is 0 Å². The highest BCUT2D eigenvalue weighted by Crippen LogP contribution is 2.07. The second-order valence-corrected chi connectivity index (χ2v) is 2.44. The van der Waals surface area contributed by atoms with Gasteiger partial charge in [-0.2, -0.15) is 5.10 Å². The maximum atomic E-state index is 4.13. The number of nitrogens with one attached hydrogen (secondary N) is 2. The van der Waals surface area contributed by atoms with Crippen molar-refractivity contribution in [2.75, 3.05) is 5.32 Å². The molecule has 2 aromatic rings. The Labute approximate surface area is 69.4 Å². The Hall–Kier alpha value is -1.78. The smallest absolute Gasteiger partial charge is 0.205 e. The minimum atomic E-state index is 0.703. The minimum Gasteiger partial charge on any atom is -0.331 e. The molecule has 62 valence electrons. The number of H-pyrrole nitrogens is 1. The van der Waals surface area contributed by atoms with E-state index in [1.807, 2.05) is 19.3 Å². The van der Waals surface area contributed by atoms with Crippen molar-refractivity contribution >= 4 is 11.8 Å². The minimum absolute atomic E-state index is 0.703. The van der Waals surface area contributed by atoms with Gasteiger partial charge in [0.2, 0.25) is 5.95 Å². The molecule has 0 radical (unpaired) electrons. The van der Waals surface area contributed by atoms with Crippen LogP contribution in [0.3, 0.4) is 0 Å². The van der Waals surface area contributed by atoms with E-state index in [0.717, 1.165) is 5.82 Å². The summed E-state index contributed by atoms with van der Waals surface area (Å²) in [4.78, 5) is 6.93. The lowest BCUT2D eigenvalue weighted by Crippen LogP contribution is -1.94. The molecule has 0 aliphatic rings. The molecular formula is C7H9N5. The zero-order chi connectivity index (χ0) is 8.39. The Balaban J connectivity index is 2.14. The van der Waals surface area contributed by atoms with Crippen LogP contribution in [0.1, 0.15) is 0 Å². The lowest BCUT2D eigenvalue weighted by Gasteiger charge is -1.95. The number of anilines is 2. The average Bonchev–Trinajstić information content (AvgIpc) is 2.63. The van der Waals surface area contributed by atoms with E-state index in [-0.39, 0.29) is 0 Å². The third-order valence-electron chi connectivity index (χ3n) is 1.46. The maximum absolute atomic E-state index is 4.13. The Morgan fingerprint density at radius 3 is 3.08 bits per heavy atom. The number of nitrogens with zero attached hydrogens (tertiary/aromatic N) is 3. The highest BCUT2D eigenvalue weighted by molar-refractivity contribution is 5.45. The fraction of sp³-hybridized carbons (Fsp3) is 0.143. The molecule has 0 spiro atoms. The maximum Gasteiger partial charge on any atom is 0.205 e. The summed E-state index contributed by atoms with van der Waals surface area (Å²) in [5.41, 5.74) is 0. The van der Waals surface area contributed by atoms with Gasteiger partial charge in [-0.3, -0.25) is 4.68 Å². The van der Waals surface area contributed by atoms with Crippen molar-refractivity contribution < 1.29 is 0 Å². The number of rotatable bonds is 2. The number of aromatic nitrogens is 4. The summed E-state index contributed by atoms with van der Waals surface area (Å²) >= 11 is 0. The van der Waals surface area contributed by atoms with E-state index in [9.17, 15) is 0 Å². The van der Waals surface area contributed by atoms with Gasteiger partial charge in [0, 0.05) is 31.7 Å². The Bertz CT molecular complexity index is 348. The molecule has 0 saturated carbocycles. The van der Waals surface area contributed by atoms with Gasteiger partial charge in [0.15, 0.2) is 5.82 Å². The second-order valence-electron chi connectivity index (χ2n) is 2.44. The number of imidazole rings is 1. The van der Waals surface area contributed by atoms with Crippen molar-refractivity contribution in [2.45, 2.75) is 0 Å².